The predicted molar refractivity (Wildman–Crippen MR) is 112 cm³/mol. The van der Waals surface area contributed by atoms with Crippen molar-refractivity contribution >= 4 is 16.9 Å². The van der Waals surface area contributed by atoms with Crippen LogP contribution in [0.4, 0.5) is 0 Å². The average Bonchev–Trinajstić information content (AvgIpc) is 3.10. The summed E-state index contributed by atoms with van der Waals surface area (Å²) in [7, 11) is 0. The van der Waals surface area contributed by atoms with Crippen LogP contribution in [-0.4, -0.2) is 23.9 Å². The van der Waals surface area contributed by atoms with Gasteiger partial charge in [-0.1, -0.05) is 42.8 Å². The fraction of sp³-hybridized carbons (Fsp3) is 0.375. The van der Waals surface area contributed by atoms with E-state index in [-0.39, 0.29) is 5.91 Å². The Balaban J connectivity index is 1.29. The first kappa shape index (κ1) is 18.8. The van der Waals surface area contributed by atoms with Crippen LogP contribution in [-0.2, 0) is 24.3 Å². The van der Waals surface area contributed by atoms with Crippen LogP contribution >= 0.6 is 0 Å². The summed E-state index contributed by atoms with van der Waals surface area (Å²) in [4.78, 5) is 14.9. The molecule has 0 aliphatic carbocycles. The van der Waals surface area contributed by atoms with Gasteiger partial charge in [-0.2, -0.15) is 0 Å². The van der Waals surface area contributed by atoms with Crippen LogP contribution in [0.25, 0.3) is 11.0 Å². The molecule has 0 unspecified atom stereocenters. The standard InChI is InChI=1S/C24H28N2O2/c1-18-5-10-22-21(17-28-23(22)13-18)14-24(27)25-15-19-6-8-20(9-7-19)16-26-11-3-2-4-12-26/h5-10,13,17H,2-4,11-12,14-16H2,1H3,(H,25,27). The maximum Gasteiger partial charge on any atom is 0.224 e. The van der Waals surface area contributed by atoms with Crippen LogP contribution in [0.2, 0.25) is 0 Å². The molecular formula is C24H28N2O2. The highest BCUT2D eigenvalue weighted by molar-refractivity contribution is 5.87. The number of amides is 1. The van der Waals surface area contributed by atoms with Gasteiger partial charge in [-0.25, -0.2) is 0 Å². The summed E-state index contributed by atoms with van der Waals surface area (Å²) in [6.07, 6.45) is 6.02. The van der Waals surface area contributed by atoms with Gasteiger partial charge in [0.2, 0.25) is 5.91 Å². The van der Waals surface area contributed by atoms with Gasteiger partial charge in [0.05, 0.1) is 12.7 Å². The Bertz CT molecular complexity index is 937. The predicted octanol–water partition coefficient (Wildman–Crippen LogP) is 4.59. The average molecular weight is 377 g/mol. The normalized spacial score (nSPS) is 15.0. The molecule has 4 nitrogen and oxygen atoms in total. The molecule has 1 fully saturated rings. The third kappa shape index (κ3) is 4.63. The highest BCUT2D eigenvalue weighted by Gasteiger charge is 2.12. The summed E-state index contributed by atoms with van der Waals surface area (Å²) in [6, 6.07) is 14.7. The van der Waals surface area contributed by atoms with Gasteiger partial charge < -0.3 is 9.73 Å². The first-order chi connectivity index (χ1) is 13.7. The van der Waals surface area contributed by atoms with Crippen LogP contribution in [0.3, 0.4) is 0 Å². The summed E-state index contributed by atoms with van der Waals surface area (Å²) in [5, 5.41) is 4.04. The Kier molecular flexibility index (Phi) is 5.77. The van der Waals surface area contributed by atoms with Crippen molar-refractivity contribution in [3.05, 3.63) is 71.0 Å². The highest BCUT2D eigenvalue weighted by Crippen LogP contribution is 2.22. The number of hydrogen-bond acceptors (Lipinski definition) is 3. The van der Waals surface area contributed by atoms with E-state index in [4.69, 9.17) is 4.42 Å². The Labute approximate surface area is 166 Å². The number of piperidine rings is 1. The lowest BCUT2D eigenvalue weighted by Gasteiger charge is -2.26. The van der Waals surface area contributed by atoms with Crippen molar-refractivity contribution in [2.75, 3.05) is 13.1 Å². The van der Waals surface area contributed by atoms with E-state index < -0.39 is 0 Å². The lowest BCUT2D eigenvalue weighted by molar-refractivity contribution is -0.120. The van der Waals surface area contributed by atoms with Crippen LogP contribution in [0.15, 0.2) is 53.1 Å². The number of carbonyl (C=O) groups is 1. The van der Waals surface area contributed by atoms with Crippen molar-refractivity contribution in [1.29, 1.82) is 0 Å². The van der Waals surface area contributed by atoms with Gasteiger partial charge >= 0.3 is 0 Å². The van der Waals surface area contributed by atoms with Gasteiger partial charge in [0.25, 0.3) is 0 Å². The number of hydrogen-bond donors (Lipinski definition) is 1. The molecule has 0 bridgehead atoms. The molecule has 2 aromatic carbocycles. The van der Waals surface area contributed by atoms with Crippen molar-refractivity contribution in [2.24, 2.45) is 0 Å². The van der Waals surface area contributed by atoms with Crippen LogP contribution < -0.4 is 5.32 Å². The summed E-state index contributed by atoms with van der Waals surface area (Å²) in [6.45, 7) is 6.03. The molecule has 0 atom stereocenters. The fourth-order valence-electron chi connectivity index (χ4n) is 3.90. The molecule has 3 aromatic rings. The van der Waals surface area contributed by atoms with Crippen LogP contribution in [0.5, 0.6) is 0 Å². The number of rotatable bonds is 6. The molecule has 2 heterocycles. The molecule has 28 heavy (non-hydrogen) atoms. The lowest BCUT2D eigenvalue weighted by Crippen LogP contribution is -2.29. The van der Waals surface area contributed by atoms with Gasteiger partial charge in [0, 0.05) is 24.0 Å². The summed E-state index contributed by atoms with van der Waals surface area (Å²) in [5.41, 5.74) is 5.40. The quantitative estimate of drug-likeness (QED) is 0.685. The van der Waals surface area contributed by atoms with Gasteiger partial charge in [-0.05, 0) is 55.6 Å². The monoisotopic (exact) mass is 376 g/mol. The largest absolute Gasteiger partial charge is 0.464 e. The van der Waals surface area contributed by atoms with Crippen LogP contribution in [0, 0.1) is 6.92 Å². The molecule has 4 rings (SSSR count). The third-order valence-electron chi connectivity index (χ3n) is 5.53. The number of furan rings is 1. The molecule has 146 valence electrons. The van der Waals surface area contributed by atoms with E-state index >= 15 is 0 Å². The first-order valence-electron chi connectivity index (χ1n) is 10.2. The van der Waals surface area contributed by atoms with E-state index in [1.54, 1.807) is 6.26 Å². The molecule has 0 saturated carbocycles. The van der Waals surface area contributed by atoms with Gasteiger partial charge in [-0.15, -0.1) is 0 Å². The molecule has 0 radical (unpaired) electrons. The number of benzene rings is 2. The number of aryl methyl sites for hydroxylation is 1. The van der Waals surface area contributed by atoms with Crippen molar-refractivity contribution in [1.82, 2.24) is 10.2 Å². The van der Waals surface area contributed by atoms with Crippen LogP contribution in [0.1, 0.15) is 41.5 Å². The van der Waals surface area contributed by atoms with E-state index in [1.165, 1.54) is 37.9 Å². The van der Waals surface area contributed by atoms with Gasteiger partial charge in [0.15, 0.2) is 0 Å². The highest BCUT2D eigenvalue weighted by atomic mass is 16.3. The summed E-state index contributed by atoms with van der Waals surface area (Å²) < 4.78 is 5.59. The molecule has 0 spiro atoms. The Hall–Kier alpha value is -2.59. The zero-order valence-electron chi connectivity index (χ0n) is 16.5. The van der Waals surface area contributed by atoms with Crippen molar-refractivity contribution in [3.8, 4) is 0 Å². The van der Waals surface area contributed by atoms with Crippen molar-refractivity contribution < 1.29 is 9.21 Å². The van der Waals surface area contributed by atoms with E-state index in [2.05, 4.69) is 34.5 Å². The van der Waals surface area contributed by atoms with Crippen molar-refractivity contribution in [3.63, 3.8) is 0 Å². The van der Waals surface area contributed by atoms with E-state index in [0.29, 0.717) is 13.0 Å². The zero-order chi connectivity index (χ0) is 19.3. The smallest absolute Gasteiger partial charge is 0.224 e. The second-order valence-corrected chi connectivity index (χ2v) is 7.87. The Morgan fingerprint density at radius 3 is 2.57 bits per heavy atom. The fourth-order valence-corrected chi connectivity index (χ4v) is 3.90. The second-order valence-electron chi connectivity index (χ2n) is 7.87. The van der Waals surface area contributed by atoms with Gasteiger partial charge in [-0.3, -0.25) is 9.69 Å². The minimum absolute atomic E-state index is 0.0145. The van der Waals surface area contributed by atoms with Crippen molar-refractivity contribution in [2.45, 2.75) is 45.7 Å². The van der Waals surface area contributed by atoms with Gasteiger partial charge in [0.1, 0.15) is 5.58 Å². The molecule has 1 N–H and O–H groups in total. The lowest BCUT2D eigenvalue weighted by atomic mass is 10.1. The molecule has 1 saturated heterocycles. The first-order valence-corrected chi connectivity index (χ1v) is 10.2. The maximum atomic E-state index is 12.4. The number of nitrogens with one attached hydrogen (secondary N) is 1. The van der Waals surface area contributed by atoms with E-state index in [0.717, 1.165) is 34.2 Å². The maximum absolute atomic E-state index is 12.4. The van der Waals surface area contributed by atoms with E-state index in [9.17, 15) is 4.79 Å². The molecule has 1 aliphatic heterocycles. The minimum atomic E-state index is 0.0145. The Morgan fingerprint density at radius 2 is 1.79 bits per heavy atom. The zero-order valence-corrected chi connectivity index (χ0v) is 16.5. The molecule has 4 heteroatoms. The SMILES string of the molecule is Cc1ccc2c(CC(=O)NCc3ccc(CN4CCCCC4)cc3)coc2c1. The topological polar surface area (TPSA) is 45.5 Å². The third-order valence-corrected chi connectivity index (χ3v) is 5.53. The summed E-state index contributed by atoms with van der Waals surface area (Å²) in [5.74, 6) is 0.0145. The molecule has 1 aromatic heterocycles. The Morgan fingerprint density at radius 1 is 1.04 bits per heavy atom. The number of fused-ring (bicyclic) bond motifs is 1. The molecule has 1 aliphatic rings. The molecule has 1 amide bonds. The number of carbonyl (C=O) groups excluding carboxylic acids is 1. The molecular weight excluding hydrogens is 348 g/mol. The number of likely N-dealkylation sites (tertiary alicyclic amines) is 1. The summed E-state index contributed by atoms with van der Waals surface area (Å²) >= 11 is 0. The van der Waals surface area contributed by atoms with E-state index in [1.807, 2.05) is 25.1 Å². The minimum Gasteiger partial charge on any atom is -0.464 e. The second kappa shape index (κ2) is 8.61. The number of nitrogens with zero attached hydrogens (tertiary/aromatic N) is 1.